The number of β-amino-alcohol motifs (C(OH)–C–C–N with tert-alkyl or cyclic N) is 1. The molecule has 0 unspecified atom stereocenters. The molecule has 0 aliphatic carbocycles. The van der Waals surface area contributed by atoms with E-state index in [2.05, 4.69) is 0 Å². The first kappa shape index (κ1) is 14.4. The van der Waals surface area contributed by atoms with Crippen molar-refractivity contribution < 1.29 is 17.9 Å². The molecule has 1 aliphatic rings. The van der Waals surface area contributed by atoms with Crippen molar-refractivity contribution in [3.63, 3.8) is 0 Å². The van der Waals surface area contributed by atoms with Crippen LogP contribution in [-0.4, -0.2) is 37.0 Å². The monoisotopic (exact) mass is 287 g/mol. The lowest BCUT2D eigenvalue weighted by Crippen LogP contribution is -2.42. The molecule has 0 saturated carbocycles. The molecule has 6 heteroatoms. The van der Waals surface area contributed by atoms with Crippen LogP contribution in [0.4, 0.5) is 4.39 Å². The Morgan fingerprint density at radius 1 is 1.32 bits per heavy atom. The molecule has 1 saturated heterocycles. The molecule has 1 N–H and O–H groups in total. The first-order valence-electron chi connectivity index (χ1n) is 6.27. The van der Waals surface area contributed by atoms with Gasteiger partial charge < -0.3 is 5.11 Å². The highest BCUT2D eigenvalue weighted by atomic mass is 32.2. The van der Waals surface area contributed by atoms with Gasteiger partial charge in [0.15, 0.2) is 0 Å². The van der Waals surface area contributed by atoms with Gasteiger partial charge in [0.25, 0.3) is 0 Å². The Hall–Kier alpha value is -0.980. The molecule has 0 radical (unpaired) electrons. The number of aryl methyl sites for hydroxylation is 2. The van der Waals surface area contributed by atoms with E-state index in [0.29, 0.717) is 30.5 Å². The number of hydrogen-bond donors (Lipinski definition) is 1. The SMILES string of the molecule is Cc1cc(F)cc(C)c1S(=O)(=O)N1CCC[C@H](O)C1. The topological polar surface area (TPSA) is 57.6 Å². The molecule has 2 rings (SSSR count). The first-order valence-corrected chi connectivity index (χ1v) is 7.71. The van der Waals surface area contributed by atoms with E-state index in [-0.39, 0.29) is 11.4 Å². The van der Waals surface area contributed by atoms with Crippen LogP contribution in [0.25, 0.3) is 0 Å². The molecular weight excluding hydrogens is 269 g/mol. The van der Waals surface area contributed by atoms with Gasteiger partial charge in [-0.3, -0.25) is 0 Å². The third kappa shape index (κ3) is 2.80. The number of nitrogens with zero attached hydrogens (tertiary/aromatic N) is 1. The summed E-state index contributed by atoms with van der Waals surface area (Å²) in [4.78, 5) is 0.156. The van der Waals surface area contributed by atoms with E-state index >= 15 is 0 Å². The zero-order valence-corrected chi connectivity index (χ0v) is 11.9. The fourth-order valence-corrected chi connectivity index (χ4v) is 4.50. The summed E-state index contributed by atoms with van der Waals surface area (Å²) in [6, 6.07) is 2.44. The largest absolute Gasteiger partial charge is 0.392 e. The molecule has 0 bridgehead atoms. The second-order valence-corrected chi connectivity index (χ2v) is 6.90. The van der Waals surface area contributed by atoms with Gasteiger partial charge in [0.05, 0.1) is 11.0 Å². The lowest BCUT2D eigenvalue weighted by molar-refractivity contribution is 0.108. The number of rotatable bonds is 2. The number of halogens is 1. The summed E-state index contributed by atoms with van der Waals surface area (Å²) in [6.07, 6.45) is 0.636. The molecule has 0 spiro atoms. The van der Waals surface area contributed by atoms with E-state index in [1.807, 2.05) is 0 Å². The predicted molar refractivity (Wildman–Crippen MR) is 69.9 cm³/mol. The second-order valence-electron chi connectivity index (χ2n) is 5.03. The average Bonchev–Trinajstić information content (AvgIpc) is 2.26. The van der Waals surface area contributed by atoms with Gasteiger partial charge in [-0.2, -0.15) is 4.31 Å². The van der Waals surface area contributed by atoms with Gasteiger partial charge in [0.2, 0.25) is 10.0 Å². The van der Waals surface area contributed by atoms with Crippen molar-refractivity contribution in [1.29, 1.82) is 0 Å². The van der Waals surface area contributed by atoms with Crippen LogP contribution >= 0.6 is 0 Å². The highest BCUT2D eigenvalue weighted by Gasteiger charge is 2.31. The van der Waals surface area contributed by atoms with Crippen molar-refractivity contribution in [2.24, 2.45) is 0 Å². The molecule has 0 amide bonds. The number of hydrogen-bond acceptors (Lipinski definition) is 3. The van der Waals surface area contributed by atoms with Crippen molar-refractivity contribution in [2.45, 2.75) is 37.7 Å². The molecule has 1 fully saturated rings. The first-order chi connectivity index (χ1) is 8.82. The molecule has 19 heavy (non-hydrogen) atoms. The quantitative estimate of drug-likeness (QED) is 0.898. The van der Waals surface area contributed by atoms with E-state index in [0.717, 1.165) is 0 Å². The van der Waals surface area contributed by atoms with Gasteiger partial charge in [-0.05, 0) is 49.9 Å². The summed E-state index contributed by atoms with van der Waals surface area (Å²) in [5.41, 5.74) is 0.801. The van der Waals surface area contributed by atoms with Gasteiger partial charge in [-0.15, -0.1) is 0 Å². The van der Waals surface area contributed by atoms with Crippen LogP contribution in [0.5, 0.6) is 0 Å². The third-order valence-corrected chi connectivity index (χ3v) is 5.55. The van der Waals surface area contributed by atoms with Crippen LogP contribution in [-0.2, 0) is 10.0 Å². The Morgan fingerprint density at radius 3 is 2.42 bits per heavy atom. The Kier molecular flexibility index (Phi) is 3.94. The third-order valence-electron chi connectivity index (χ3n) is 3.38. The van der Waals surface area contributed by atoms with E-state index in [9.17, 15) is 17.9 Å². The van der Waals surface area contributed by atoms with E-state index in [1.54, 1.807) is 13.8 Å². The molecule has 1 atom stereocenters. The predicted octanol–water partition coefficient (Wildman–Crippen LogP) is 1.59. The number of benzene rings is 1. The highest BCUT2D eigenvalue weighted by molar-refractivity contribution is 7.89. The number of sulfonamides is 1. The summed E-state index contributed by atoms with van der Waals surface area (Å²) in [7, 11) is -3.67. The van der Waals surface area contributed by atoms with Crippen molar-refractivity contribution in [1.82, 2.24) is 4.31 Å². The molecule has 106 valence electrons. The van der Waals surface area contributed by atoms with Crippen molar-refractivity contribution in [2.75, 3.05) is 13.1 Å². The van der Waals surface area contributed by atoms with E-state index in [4.69, 9.17) is 0 Å². The maximum Gasteiger partial charge on any atom is 0.243 e. The average molecular weight is 287 g/mol. The van der Waals surface area contributed by atoms with E-state index in [1.165, 1.54) is 16.4 Å². The zero-order valence-electron chi connectivity index (χ0n) is 11.1. The lowest BCUT2D eigenvalue weighted by Gasteiger charge is -2.30. The fourth-order valence-electron chi connectivity index (χ4n) is 2.57. The molecule has 4 nitrogen and oxygen atoms in total. The van der Waals surface area contributed by atoms with Crippen LogP contribution in [0.3, 0.4) is 0 Å². The van der Waals surface area contributed by atoms with Gasteiger partial charge in [-0.1, -0.05) is 0 Å². The second kappa shape index (κ2) is 5.19. The normalized spacial score (nSPS) is 21.6. The van der Waals surface area contributed by atoms with Gasteiger partial charge in [0.1, 0.15) is 5.82 Å². The minimum Gasteiger partial charge on any atom is -0.392 e. The molecule has 0 aromatic heterocycles. The molecule has 1 aromatic carbocycles. The molecular formula is C13H18FNO3S. The maximum atomic E-state index is 13.3. The van der Waals surface area contributed by atoms with Crippen LogP contribution in [0, 0.1) is 19.7 Å². The fraction of sp³-hybridized carbons (Fsp3) is 0.538. The maximum absolute atomic E-state index is 13.3. The molecule has 1 aliphatic heterocycles. The Bertz CT molecular complexity index is 563. The van der Waals surface area contributed by atoms with Crippen LogP contribution in [0.15, 0.2) is 17.0 Å². The number of aliphatic hydroxyl groups excluding tert-OH is 1. The molecule has 1 heterocycles. The summed E-state index contributed by atoms with van der Waals surface area (Å²) in [6.45, 7) is 3.68. The van der Waals surface area contributed by atoms with Crippen molar-refractivity contribution in [3.8, 4) is 0 Å². The van der Waals surface area contributed by atoms with Crippen LogP contribution < -0.4 is 0 Å². The Morgan fingerprint density at radius 2 is 1.89 bits per heavy atom. The standard InChI is InChI=1S/C13H18FNO3S/c1-9-6-11(14)7-10(2)13(9)19(17,18)15-5-3-4-12(16)8-15/h6-7,12,16H,3-5,8H2,1-2H3/t12-/m0/s1. The van der Waals surface area contributed by atoms with Crippen LogP contribution in [0.2, 0.25) is 0 Å². The minimum atomic E-state index is -3.67. The molecule has 1 aromatic rings. The van der Waals surface area contributed by atoms with Gasteiger partial charge in [0, 0.05) is 13.1 Å². The number of aliphatic hydroxyl groups is 1. The minimum absolute atomic E-state index is 0.110. The Labute approximate surface area is 112 Å². The Balaban J connectivity index is 2.45. The smallest absolute Gasteiger partial charge is 0.243 e. The summed E-state index contributed by atoms with van der Waals surface area (Å²) in [5.74, 6) is -0.437. The van der Waals surface area contributed by atoms with Gasteiger partial charge >= 0.3 is 0 Å². The highest BCUT2D eigenvalue weighted by Crippen LogP contribution is 2.27. The van der Waals surface area contributed by atoms with Crippen LogP contribution in [0.1, 0.15) is 24.0 Å². The summed E-state index contributed by atoms with van der Waals surface area (Å²) < 4.78 is 39.7. The van der Waals surface area contributed by atoms with E-state index < -0.39 is 21.9 Å². The van der Waals surface area contributed by atoms with Crippen molar-refractivity contribution >= 4 is 10.0 Å². The zero-order chi connectivity index (χ0) is 14.2. The van der Waals surface area contributed by atoms with Crippen molar-refractivity contribution in [3.05, 3.63) is 29.1 Å². The van der Waals surface area contributed by atoms with Gasteiger partial charge in [-0.25, -0.2) is 12.8 Å². The summed E-state index contributed by atoms with van der Waals surface area (Å²) in [5, 5.41) is 9.61. The lowest BCUT2D eigenvalue weighted by atomic mass is 10.1. The summed E-state index contributed by atoms with van der Waals surface area (Å²) >= 11 is 0. The number of piperidine rings is 1.